The van der Waals surface area contributed by atoms with Gasteiger partial charge in [0, 0.05) is 24.1 Å². The molecule has 1 fully saturated rings. The summed E-state index contributed by atoms with van der Waals surface area (Å²) in [5, 5.41) is 0. The smallest absolute Gasteiger partial charge is 0.236 e. The Morgan fingerprint density at radius 2 is 2.15 bits per heavy atom. The van der Waals surface area contributed by atoms with E-state index >= 15 is 0 Å². The molecule has 0 bridgehead atoms. The van der Waals surface area contributed by atoms with Crippen molar-refractivity contribution in [3.05, 3.63) is 28.7 Å². The number of halogens is 1. The van der Waals surface area contributed by atoms with Crippen LogP contribution in [0.2, 0.25) is 0 Å². The van der Waals surface area contributed by atoms with Crippen molar-refractivity contribution in [2.24, 2.45) is 0 Å². The van der Waals surface area contributed by atoms with E-state index in [1.165, 1.54) is 0 Å². The van der Waals surface area contributed by atoms with Crippen LogP contribution in [-0.4, -0.2) is 55.5 Å². The summed E-state index contributed by atoms with van der Waals surface area (Å²) in [5.41, 5.74) is 0. The lowest BCUT2D eigenvalue weighted by Gasteiger charge is -2.21. The number of carbonyl (C=O) groups excluding carboxylic acids is 1. The first-order valence-electron chi connectivity index (χ1n) is 7.00. The summed E-state index contributed by atoms with van der Waals surface area (Å²) in [6, 6.07) is 7.78. The number of nitrogens with zero attached hydrogens (tertiary/aromatic N) is 2. The number of carbonyl (C=O) groups is 1. The summed E-state index contributed by atoms with van der Waals surface area (Å²) in [5.74, 6) is 1.08. The van der Waals surface area contributed by atoms with Gasteiger partial charge in [-0.15, -0.1) is 0 Å². The molecule has 1 aliphatic rings. The molecule has 0 radical (unpaired) electrons. The topological polar surface area (TPSA) is 32.8 Å². The van der Waals surface area contributed by atoms with Crippen molar-refractivity contribution in [1.29, 1.82) is 0 Å². The van der Waals surface area contributed by atoms with E-state index in [-0.39, 0.29) is 5.91 Å². The van der Waals surface area contributed by atoms with Crippen LogP contribution in [0.3, 0.4) is 0 Å². The lowest BCUT2D eigenvalue weighted by molar-refractivity contribution is -0.131. The highest BCUT2D eigenvalue weighted by atomic mass is 79.9. The quantitative estimate of drug-likeness (QED) is 0.797. The normalized spacial score (nSPS) is 14.8. The summed E-state index contributed by atoms with van der Waals surface area (Å²) >= 11 is 3.41. The zero-order chi connectivity index (χ0) is 14.4. The van der Waals surface area contributed by atoms with Crippen molar-refractivity contribution < 1.29 is 9.53 Å². The Morgan fingerprint density at radius 3 is 2.85 bits per heavy atom. The monoisotopic (exact) mass is 340 g/mol. The lowest BCUT2D eigenvalue weighted by Crippen LogP contribution is -2.38. The molecule has 0 N–H and O–H groups in total. The fourth-order valence-corrected chi connectivity index (χ4v) is 2.63. The summed E-state index contributed by atoms with van der Waals surface area (Å²) in [6.45, 7) is 3.64. The molecule has 1 aromatic rings. The fraction of sp³-hybridized carbons (Fsp3) is 0.533. The van der Waals surface area contributed by atoms with Gasteiger partial charge in [0.1, 0.15) is 12.4 Å². The van der Waals surface area contributed by atoms with Crippen LogP contribution in [0.25, 0.3) is 0 Å². The van der Waals surface area contributed by atoms with Crippen LogP contribution in [0.15, 0.2) is 28.7 Å². The molecule has 110 valence electrons. The number of likely N-dealkylation sites (N-methyl/N-ethyl adjacent to an activating group) is 1. The molecule has 0 aromatic heterocycles. The van der Waals surface area contributed by atoms with E-state index in [1.54, 1.807) is 0 Å². The molecule has 0 unspecified atom stereocenters. The van der Waals surface area contributed by atoms with Crippen molar-refractivity contribution in [3.8, 4) is 5.75 Å². The van der Waals surface area contributed by atoms with Gasteiger partial charge in [-0.05, 0) is 38.1 Å². The molecule has 0 atom stereocenters. The number of hydrogen-bond acceptors (Lipinski definition) is 3. The Bertz CT molecular complexity index is 447. The highest BCUT2D eigenvalue weighted by molar-refractivity contribution is 9.10. The van der Waals surface area contributed by atoms with Gasteiger partial charge < -0.3 is 9.64 Å². The first-order valence-corrected chi connectivity index (χ1v) is 7.79. The van der Waals surface area contributed by atoms with Gasteiger partial charge in [-0.2, -0.15) is 0 Å². The van der Waals surface area contributed by atoms with E-state index in [2.05, 4.69) is 15.9 Å². The van der Waals surface area contributed by atoms with Gasteiger partial charge >= 0.3 is 0 Å². The van der Waals surface area contributed by atoms with E-state index in [0.717, 1.165) is 42.7 Å². The number of benzene rings is 1. The zero-order valence-corrected chi connectivity index (χ0v) is 13.4. The molecule has 20 heavy (non-hydrogen) atoms. The average molecular weight is 341 g/mol. The number of hydrogen-bond donors (Lipinski definition) is 0. The molecule has 0 saturated carbocycles. The molecule has 2 rings (SSSR count). The predicted octanol–water partition coefficient (Wildman–Crippen LogP) is 2.38. The Hall–Kier alpha value is -1.07. The minimum Gasteiger partial charge on any atom is -0.492 e. The molecule has 1 heterocycles. The van der Waals surface area contributed by atoms with Gasteiger partial charge in [0.15, 0.2) is 0 Å². The molecule has 1 amide bonds. The van der Waals surface area contributed by atoms with Crippen LogP contribution in [0.5, 0.6) is 5.75 Å². The summed E-state index contributed by atoms with van der Waals surface area (Å²) in [6.07, 6.45) is 2.28. The molecule has 0 aliphatic carbocycles. The van der Waals surface area contributed by atoms with E-state index in [4.69, 9.17) is 4.74 Å². The van der Waals surface area contributed by atoms with Crippen LogP contribution in [0.4, 0.5) is 0 Å². The second kappa shape index (κ2) is 7.64. The van der Waals surface area contributed by atoms with Crippen molar-refractivity contribution in [3.63, 3.8) is 0 Å². The summed E-state index contributed by atoms with van der Waals surface area (Å²) in [4.78, 5) is 15.9. The lowest BCUT2D eigenvalue weighted by atomic mass is 10.3. The Morgan fingerprint density at radius 1 is 1.40 bits per heavy atom. The third-order valence-corrected chi connectivity index (χ3v) is 3.90. The van der Waals surface area contributed by atoms with Gasteiger partial charge in [-0.3, -0.25) is 9.69 Å². The van der Waals surface area contributed by atoms with Gasteiger partial charge in [-0.1, -0.05) is 22.0 Å². The molecule has 4 nitrogen and oxygen atoms in total. The van der Waals surface area contributed by atoms with E-state index in [9.17, 15) is 4.79 Å². The van der Waals surface area contributed by atoms with Crippen molar-refractivity contribution in [2.45, 2.75) is 12.8 Å². The predicted molar refractivity (Wildman–Crippen MR) is 82.9 cm³/mol. The Balaban J connectivity index is 1.67. The molecule has 0 spiro atoms. The maximum absolute atomic E-state index is 12.0. The van der Waals surface area contributed by atoms with Gasteiger partial charge in [-0.25, -0.2) is 0 Å². The first-order chi connectivity index (χ1) is 9.65. The number of likely N-dealkylation sites (tertiary alicyclic amines) is 1. The van der Waals surface area contributed by atoms with E-state index < -0.39 is 0 Å². The van der Waals surface area contributed by atoms with Crippen LogP contribution in [0, 0.1) is 0 Å². The minimum absolute atomic E-state index is 0.229. The zero-order valence-electron chi connectivity index (χ0n) is 11.8. The third kappa shape index (κ3) is 4.80. The second-order valence-electron chi connectivity index (χ2n) is 5.13. The SMILES string of the molecule is CN(CCOc1cccc(Br)c1)CC(=O)N1CCCC1. The molecule has 5 heteroatoms. The molecule has 1 aromatic carbocycles. The van der Waals surface area contributed by atoms with E-state index in [0.29, 0.717) is 13.2 Å². The van der Waals surface area contributed by atoms with Crippen molar-refractivity contribution in [2.75, 3.05) is 39.8 Å². The number of rotatable bonds is 6. The van der Waals surface area contributed by atoms with Crippen LogP contribution in [0.1, 0.15) is 12.8 Å². The molecule has 1 saturated heterocycles. The molecular weight excluding hydrogens is 320 g/mol. The van der Waals surface area contributed by atoms with Crippen molar-refractivity contribution >= 4 is 21.8 Å². The summed E-state index contributed by atoms with van der Waals surface area (Å²) < 4.78 is 6.67. The average Bonchev–Trinajstić information content (AvgIpc) is 2.92. The van der Waals surface area contributed by atoms with Crippen LogP contribution < -0.4 is 4.74 Å². The highest BCUT2D eigenvalue weighted by Crippen LogP contribution is 2.17. The third-order valence-electron chi connectivity index (χ3n) is 3.40. The number of ether oxygens (including phenoxy) is 1. The van der Waals surface area contributed by atoms with Crippen molar-refractivity contribution in [1.82, 2.24) is 9.80 Å². The summed E-state index contributed by atoms with van der Waals surface area (Å²) in [7, 11) is 1.96. The van der Waals surface area contributed by atoms with Gasteiger partial charge in [0.2, 0.25) is 5.91 Å². The number of amides is 1. The Labute approximate surface area is 128 Å². The fourth-order valence-electron chi connectivity index (χ4n) is 2.25. The maximum atomic E-state index is 12.0. The Kier molecular flexibility index (Phi) is 5.86. The maximum Gasteiger partial charge on any atom is 0.236 e. The largest absolute Gasteiger partial charge is 0.492 e. The standard InChI is InChI=1S/C15H21BrN2O2/c1-17(12-15(19)18-7-2-3-8-18)9-10-20-14-6-4-5-13(16)11-14/h4-6,11H,2-3,7-10,12H2,1H3. The molecular formula is C15H21BrN2O2. The van der Waals surface area contributed by atoms with Gasteiger partial charge in [0.25, 0.3) is 0 Å². The van der Waals surface area contributed by atoms with Crippen LogP contribution in [-0.2, 0) is 4.79 Å². The highest BCUT2D eigenvalue weighted by Gasteiger charge is 2.18. The van der Waals surface area contributed by atoms with E-state index in [1.807, 2.05) is 41.1 Å². The molecule has 1 aliphatic heterocycles. The van der Waals surface area contributed by atoms with Crippen LogP contribution >= 0.6 is 15.9 Å². The minimum atomic E-state index is 0.229. The second-order valence-corrected chi connectivity index (χ2v) is 6.05. The van der Waals surface area contributed by atoms with Gasteiger partial charge in [0.05, 0.1) is 6.54 Å². The first kappa shape index (κ1) is 15.3.